The smallest absolute Gasteiger partial charge is 0.270 e. The van der Waals surface area contributed by atoms with Crippen LogP contribution in [-0.4, -0.2) is 40.4 Å². The van der Waals surface area contributed by atoms with Gasteiger partial charge in [0.15, 0.2) is 11.5 Å². The molecular weight excluding hydrogens is 325 g/mol. The van der Waals surface area contributed by atoms with E-state index in [1.807, 2.05) is 13.8 Å². The quantitative estimate of drug-likeness (QED) is 0.852. The molecule has 7 nitrogen and oxygen atoms in total. The lowest BCUT2D eigenvalue weighted by Crippen LogP contribution is -2.33. The number of pyridine rings is 1. The van der Waals surface area contributed by atoms with Crippen molar-refractivity contribution in [1.29, 1.82) is 0 Å². The van der Waals surface area contributed by atoms with Gasteiger partial charge >= 0.3 is 0 Å². The molecule has 25 heavy (non-hydrogen) atoms. The van der Waals surface area contributed by atoms with Gasteiger partial charge in [0.25, 0.3) is 5.91 Å². The van der Waals surface area contributed by atoms with E-state index in [0.29, 0.717) is 25.3 Å². The Bertz CT molecular complexity index is 751. The summed E-state index contributed by atoms with van der Waals surface area (Å²) in [5.74, 6) is -1.32. The van der Waals surface area contributed by atoms with Crippen molar-refractivity contribution in [3.05, 3.63) is 41.2 Å². The summed E-state index contributed by atoms with van der Waals surface area (Å²) in [5.41, 5.74) is 6.59. The van der Waals surface area contributed by atoms with Gasteiger partial charge in [-0.1, -0.05) is 13.8 Å². The fraction of sp³-hybridized carbons (Fsp3) is 0.471. The molecule has 8 heteroatoms. The van der Waals surface area contributed by atoms with Gasteiger partial charge in [-0.15, -0.1) is 0 Å². The third-order valence-corrected chi connectivity index (χ3v) is 4.00. The maximum Gasteiger partial charge on any atom is 0.270 e. The highest BCUT2D eigenvalue weighted by molar-refractivity contribution is 5.92. The average Bonchev–Trinajstić information content (AvgIpc) is 2.92. The molecule has 134 valence electrons. The number of amides is 1. The van der Waals surface area contributed by atoms with Gasteiger partial charge in [0, 0.05) is 13.1 Å². The zero-order valence-corrected chi connectivity index (χ0v) is 14.3. The van der Waals surface area contributed by atoms with Crippen LogP contribution in [0.15, 0.2) is 18.3 Å². The first kappa shape index (κ1) is 17.5. The van der Waals surface area contributed by atoms with Gasteiger partial charge in [-0.25, -0.2) is 9.07 Å². The summed E-state index contributed by atoms with van der Waals surface area (Å²) >= 11 is 0. The summed E-state index contributed by atoms with van der Waals surface area (Å²) in [7, 11) is 0. The molecule has 1 aliphatic rings. The minimum Gasteiger partial charge on any atom is -0.369 e. The van der Waals surface area contributed by atoms with E-state index in [9.17, 15) is 9.18 Å². The molecule has 2 aromatic rings. The largest absolute Gasteiger partial charge is 0.369 e. The Morgan fingerprint density at radius 1 is 1.52 bits per heavy atom. The number of primary amides is 1. The molecule has 0 aromatic carbocycles. The second kappa shape index (κ2) is 7.28. The van der Waals surface area contributed by atoms with Crippen LogP contribution < -0.4 is 11.1 Å². The van der Waals surface area contributed by atoms with E-state index in [2.05, 4.69) is 15.4 Å². The van der Waals surface area contributed by atoms with Crippen LogP contribution in [0.1, 0.15) is 41.8 Å². The molecule has 1 atom stereocenters. The molecule has 1 amide bonds. The number of carbonyl (C=O) groups is 1. The third kappa shape index (κ3) is 3.69. The van der Waals surface area contributed by atoms with Crippen LogP contribution in [0.2, 0.25) is 0 Å². The molecule has 1 aliphatic heterocycles. The summed E-state index contributed by atoms with van der Waals surface area (Å²) in [4.78, 5) is 16.1. The highest BCUT2D eigenvalue weighted by atomic mass is 19.1. The molecule has 0 radical (unpaired) electrons. The van der Waals surface area contributed by atoms with Crippen LogP contribution in [0.25, 0.3) is 5.69 Å². The summed E-state index contributed by atoms with van der Waals surface area (Å²) in [6, 6.07) is 3.53. The van der Waals surface area contributed by atoms with Crippen molar-refractivity contribution in [2.75, 3.05) is 19.7 Å². The highest BCUT2D eigenvalue weighted by Crippen LogP contribution is 2.21. The lowest BCUT2D eigenvalue weighted by atomic mass is 10.1. The predicted octanol–water partition coefficient (Wildman–Crippen LogP) is 1.36. The fourth-order valence-electron chi connectivity index (χ4n) is 2.83. The van der Waals surface area contributed by atoms with E-state index in [0.717, 1.165) is 12.2 Å². The Morgan fingerprint density at radius 3 is 2.88 bits per heavy atom. The van der Waals surface area contributed by atoms with Crippen LogP contribution in [0.5, 0.6) is 0 Å². The van der Waals surface area contributed by atoms with Crippen LogP contribution in [0, 0.1) is 11.7 Å². The van der Waals surface area contributed by atoms with E-state index < -0.39 is 11.7 Å². The van der Waals surface area contributed by atoms with E-state index in [1.165, 1.54) is 4.68 Å². The Kier molecular flexibility index (Phi) is 5.10. The first-order valence-electron chi connectivity index (χ1n) is 8.33. The highest BCUT2D eigenvalue weighted by Gasteiger charge is 2.24. The number of nitrogens with two attached hydrogens (primary N) is 1. The van der Waals surface area contributed by atoms with Crippen LogP contribution in [0.4, 0.5) is 4.39 Å². The first-order valence-corrected chi connectivity index (χ1v) is 8.33. The van der Waals surface area contributed by atoms with Crippen molar-refractivity contribution in [3.8, 4) is 5.69 Å². The van der Waals surface area contributed by atoms with Gasteiger partial charge in [-0.2, -0.15) is 5.10 Å². The summed E-state index contributed by atoms with van der Waals surface area (Å²) in [5, 5.41) is 7.48. The fourth-order valence-corrected chi connectivity index (χ4v) is 2.83. The van der Waals surface area contributed by atoms with Crippen molar-refractivity contribution in [2.24, 2.45) is 11.7 Å². The second-order valence-corrected chi connectivity index (χ2v) is 6.49. The molecule has 3 heterocycles. The van der Waals surface area contributed by atoms with Gasteiger partial charge in [0.2, 0.25) is 0 Å². The van der Waals surface area contributed by atoms with Gasteiger partial charge in [-0.3, -0.25) is 9.78 Å². The molecule has 0 aliphatic carbocycles. The average molecular weight is 347 g/mol. The minimum atomic E-state index is -0.858. The number of morpholine rings is 1. The summed E-state index contributed by atoms with van der Waals surface area (Å²) in [6.07, 6.45) is 1.85. The number of rotatable bonds is 5. The molecule has 2 aromatic heterocycles. The number of halogens is 1. The first-order chi connectivity index (χ1) is 12.0. The monoisotopic (exact) mass is 347 g/mol. The lowest BCUT2D eigenvalue weighted by Gasteiger charge is -2.23. The molecule has 1 fully saturated rings. The van der Waals surface area contributed by atoms with Crippen LogP contribution in [0.3, 0.4) is 0 Å². The summed E-state index contributed by atoms with van der Waals surface area (Å²) in [6.45, 7) is 6.05. The van der Waals surface area contributed by atoms with E-state index in [1.54, 1.807) is 18.3 Å². The van der Waals surface area contributed by atoms with Crippen molar-refractivity contribution < 1.29 is 13.9 Å². The molecule has 0 spiro atoms. The lowest BCUT2D eigenvalue weighted by molar-refractivity contribution is 0.0250. The Balaban J connectivity index is 1.93. The Morgan fingerprint density at radius 2 is 2.32 bits per heavy atom. The van der Waals surface area contributed by atoms with Gasteiger partial charge in [-0.05, 0) is 24.5 Å². The van der Waals surface area contributed by atoms with Crippen molar-refractivity contribution in [1.82, 2.24) is 20.1 Å². The van der Waals surface area contributed by atoms with Crippen LogP contribution >= 0.6 is 0 Å². The van der Waals surface area contributed by atoms with E-state index in [4.69, 9.17) is 10.5 Å². The van der Waals surface area contributed by atoms with Gasteiger partial charge in [0.05, 0.1) is 29.9 Å². The molecular formula is C17H22FN5O2. The SMILES string of the molecule is CC(C)Cc1nn(-c2ccc([C@@H]3CNCCO3)nc2)c(C(N)=O)c1F. The van der Waals surface area contributed by atoms with E-state index >= 15 is 0 Å². The molecule has 0 saturated carbocycles. The number of hydrogen-bond donors (Lipinski definition) is 2. The molecule has 0 unspecified atom stereocenters. The van der Waals surface area contributed by atoms with Crippen molar-refractivity contribution in [3.63, 3.8) is 0 Å². The molecule has 3 rings (SSSR count). The number of carbonyl (C=O) groups excluding carboxylic acids is 1. The molecule has 1 saturated heterocycles. The number of ether oxygens (including phenoxy) is 1. The normalized spacial score (nSPS) is 17.8. The number of nitrogens with one attached hydrogen (secondary N) is 1. The number of hydrogen-bond acceptors (Lipinski definition) is 5. The van der Waals surface area contributed by atoms with E-state index in [-0.39, 0.29) is 23.4 Å². The second-order valence-electron chi connectivity index (χ2n) is 6.49. The number of aromatic nitrogens is 3. The standard InChI is InChI=1S/C17H22FN5O2/c1-10(2)7-13-15(18)16(17(19)24)23(22-13)11-3-4-12(21-8-11)14-9-20-5-6-25-14/h3-4,8,10,14,20H,5-7,9H2,1-2H3,(H2,19,24)/t14-/m0/s1. The zero-order valence-electron chi connectivity index (χ0n) is 14.3. The molecule has 3 N–H and O–H groups in total. The van der Waals surface area contributed by atoms with Crippen LogP contribution in [-0.2, 0) is 11.2 Å². The minimum absolute atomic E-state index is 0.121. The van der Waals surface area contributed by atoms with Crippen molar-refractivity contribution >= 4 is 5.91 Å². The summed E-state index contributed by atoms with van der Waals surface area (Å²) < 4.78 is 21.4. The Labute approximate surface area is 145 Å². The number of nitrogens with zero attached hydrogens (tertiary/aromatic N) is 3. The van der Waals surface area contributed by atoms with Gasteiger partial charge in [0.1, 0.15) is 6.10 Å². The molecule has 0 bridgehead atoms. The maximum absolute atomic E-state index is 14.5. The predicted molar refractivity (Wildman–Crippen MR) is 89.9 cm³/mol. The third-order valence-electron chi connectivity index (χ3n) is 4.00. The topological polar surface area (TPSA) is 95.1 Å². The zero-order chi connectivity index (χ0) is 18.0. The van der Waals surface area contributed by atoms with Gasteiger partial charge < -0.3 is 15.8 Å². The Hall–Kier alpha value is -2.32. The maximum atomic E-state index is 14.5. The van der Waals surface area contributed by atoms with Crippen molar-refractivity contribution in [2.45, 2.75) is 26.4 Å².